The van der Waals surface area contributed by atoms with Crippen LogP contribution in [0.4, 0.5) is 0 Å². The van der Waals surface area contributed by atoms with Gasteiger partial charge in [-0.1, -0.05) is 6.92 Å². The largest absolute Gasteiger partial charge is 0.483 e. The maximum atomic E-state index is 8.36. The summed E-state index contributed by atoms with van der Waals surface area (Å²) in [5.41, 5.74) is 7.11. The second kappa shape index (κ2) is 7.33. The van der Waals surface area contributed by atoms with Gasteiger partial charge in [-0.2, -0.15) is 5.10 Å². The van der Waals surface area contributed by atoms with Crippen LogP contribution in [0.5, 0.6) is 0 Å². The van der Waals surface area contributed by atoms with Crippen LogP contribution in [0.25, 0.3) is 0 Å². The highest BCUT2D eigenvalue weighted by molar-refractivity contribution is 7.09. The Morgan fingerprint density at radius 1 is 1.57 bits per heavy atom. The fourth-order valence-corrected chi connectivity index (χ4v) is 3.34. The molecule has 0 aliphatic carbocycles. The van der Waals surface area contributed by atoms with Crippen molar-refractivity contribution in [1.82, 2.24) is 20.1 Å². The molecule has 2 N–H and O–H groups in total. The number of aromatic amines is 1. The first kappa shape index (κ1) is 15.7. The van der Waals surface area contributed by atoms with E-state index in [1.165, 1.54) is 27.5 Å². The Balaban J connectivity index is 0.000000497. The number of aryl methyl sites for hydroxylation is 2. The monoisotopic (exact) mass is 308 g/mol. The first-order valence-corrected chi connectivity index (χ1v) is 7.81. The zero-order valence-electron chi connectivity index (χ0n) is 12.3. The van der Waals surface area contributed by atoms with Crippen molar-refractivity contribution in [3.05, 3.63) is 33.0 Å². The summed E-state index contributed by atoms with van der Waals surface area (Å²) in [7, 11) is 0. The molecular formula is C14H20N4O2S. The molecule has 0 amide bonds. The summed E-state index contributed by atoms with van der Waals surface area (Å²) in [6.07, 6.45) is 2.10. The third kappa shape index (κ3) is 3.68. The first-order valence-electron chi connectivity index (χ1n) is 6.93. The van der Waals surface area contributed by atoms with Crippen molar-refractivity contribution in [1.29, 1.82) is 0 Å². The van der Waals surface area contributed by atoms with Gasteiger partial charge in [0.25, 0.3) is 6.47 Å². The van der Waals surface area contributed by atoms with Crippen LogP contribution in [-0.2, 0) is 30.7 Å². The van der Waals surface area contributed by atoms with Gasteiger partial charge < -0.3 is 5.11 Å². The Morgan fingerprint density at radius 2 is 2.33 bits per heavy atom. The summed E-state index contributed by atoms with van der Waals surface area (Å²) in [6, 6.07) is 0. The van der Waals surface area contributed by atoms with Gasteiger partial charge in [-0.25, -0.2) is 4.98 Å². The van der Waals surface area contributed by atoms with Crippen LogP contribution in [0.1, 0.15) is 34.4 Å². The number of nitrogens with one attached hydrogen (secondary N) is 1. The minimum atomic E-state index is -0.250. The van der Waals surface area contributed by atoms with Crippen molar-refractivity contribution in [3.63, 3.8) is 0 Å². The third-order valence-electron chi connectivity index (χ3n) is 3.65. The van der Waals surface area contributed by atoms with Crippen LogP contribution in [0.2, 0.25) is 0 Å². The lowest BCUT2D eigenvalue weighted by Gasteiger charge is -2.26. The van der Waals surface area contributed by atoms with E-state index in [2.05, 4.69) is 33.9 Å². The number of H-pyrrole nitrogens is 1. The molecule has 0 unspecified atom stereocenters. The lowest BCUT2D eigenvalue weighted by Crippen LogP contribution is -2.30. The minimum Gasteiger partial charge on any atom is -0.483 e. The number of hydrogen-bond donors (Lipinski definition) is 2. The molecule has 1 aliphatic rings. The second-order valence-electron chi connectivity index (χ2n) is 4.91. The molecule has 21 heavy (non-hydrogen) atoms. The minimum absolute atomic E-state index is 0.250. The molecule has 3 heterocycles. The summed E-state index contributed by atoms with van der Waals surface area (Å²) in [6.45, 7) is 7.16. The highest BCUT2D eigenvalue weighted by Gasteiger charge is 2.21. The number of fused-ring (bicyclic) bond motifs is 1. The number of carboxylic acid groups (broad SMARTS) is 1. The molecule has 2 aromatic heterocycles. The number of hydrogen-bond acceptors (Lipinski definition) is 5. The van der Waals surface area contributed by atoms with Crippen molar-refractivity contribution in [2.24, 2.45) is 0 Å². The third-order valence-corrected chi connectivity index (χ3v) is 4.57. The molecule has 0 spiro atoms. The number of nitrogens with zero attached hydrogens (tertiary/aromatic N) is 3. The van der Waals surface area contributed by atoms with Gasteiger partial charge in [0.15, 0.2) is 0 Å². The summed E-state index contributed by atoms with van der Waals surface area (Å²) in [5.74, 6) is 0. The van der Waals surface area contributed by atoms with Gasteiger partial charge >= 0.3 is 0 Å². The molecular weight excluding hydrogens is 288 g/mol. The predicted molar refractivity (Wildman–Crippen MR) is 81.3 cm³/mol. The highest BCUT2D eigenvalue weighted by atomic mass is 32.1. The zero-order valence-corrected chi connectivity index (χ0v) is 13.1. The molecule has 114 valence electrons. The number of carbonyl (C=O) groups is 1. The molecule has 0 atom stereocenters. The number of thiazole rings is 1. The van der Waals surface area contributed by atoms with E-state index >= 15 is 0 Å². The quantitative estimate of drug-likeness (QED) is 0.848. The van der Waals surface area contributed by atoms with E-state index in [1.54, 1.807) is 11.3 Å². The van der Waals surface area contributed by atoms with Gasteiger partial charge in [0.05, 0.1) is 16.9 Å². The molecule has 0 fully saturated rings. The van der Waals surface area contributed by atoms with E-state index in [0.29, 0.717) is 0 Å². The van der Waals surface area contributed by atoms with Crippen molar-refractivity contribution in [2.75, 3.05) is 6.54 Å². The zero-order chi connectivity index (χ0) is 15.2. The van der Waals surface area contributed by atoms with Gasteiger partial charge in [-0.15, -0.1) is 11.3 Å². The molecule has 3 rings (SSSR count). The summed E-state index contributed by atoms with van der Waals surface area (Å²) in [4.78, 5) is 16.6. The molecule has 6 nitrogen and oxygen atoms in total. The summed E-state index contributed by atoms with van der Waals surface area (Å²) in [5, 5.41) is 14.5. The van der Waals surface area contributed by atoms with Crippen LogP contribution < -0.4 is 0 Å². The van der Waals surface area contributed by atoms with Crippen molar-refractivity contribution in [3.8, 4) is 0 Å². The van der Waals surface area contributed by atoms with Crippen LogP contribution in [0.3, 0.4) is 0 Å². The van der Waals surface area contributed by atoms with E-state index in [0.717, 1.165) is 32.5 Å². The molecule has 0 aromatic carbocycles. The molecule has 0 saturated heterocycles. The number of rotatable bonds is 3. The van der Waals surface area contributed by atoms with Crippen LogP contribution >= 0.6 is 11.3 Å². The lowest BCUT2D eigenvalue weighted by atomic mass is 10.0. The van der Waals surface area contributed by atoms with Gasteiger partial charge in [-0.3, -0.25) is 14.8 Å². The molecule has 0 saturated carbocycles. The first-order chi connectivity index (χ1) is 10.2. The Hall–Kier alpha value is -1.73. The standard InChI is InChI=1S/C13H18N4S.CH2O2/c1-3-11-10-6-17(5-4-12(10)16-15-11)7-13-9(2)14-8-18-13;2-1-3/h8H,3-7H2,1-2H3,(H,15,16);1H,(H,2,3). The fourth-order valence-electron chi connectivity index (χ4n) is 2.52. The Labute approximate surface area is 127 Å². The van der Waals surface area contributed by atoms with Gasteiger partial charge in [0, 0.05) is 42.2 Å². The Morgan fingerprint density at radius 3 is 2.95 bits per heavy atom. The van der Waals surface area contributed by atoms with Crippen LogP contribution in [-0.4, -0.2) is 38.2 Å². The summed E-state index contributed by atoms with van der Waals surface area (Å²) < 4.78 is 0. The van der Waals surface area contributed by atoms with Crippen molar-refractivity contribution < 1.29 is 9.90 Å². The normalized spacial score (nSPS) is 14.2. The molecule has 0 radical (unpaired) electrons. The van der Waals surface area contributed by atoms with Crippen LogP contribution in [0, 0.1) is 6.92 Å². The smallest absolute Gasteiger partial charge is 0.290 e. The Bertz CT molecular complexity index is 580. The molecule has 1 aliphatic heterocycles. The van der Waals surface area contributed by atoms with Gasteiger partial charge in [0.1, 0.15) is 0 Å². The topological polar surface area (TPSA) is 82.1 Å². The van der Waals surface area contributed by atoms with E-state index < -0.39 is 0 Å². The molecule has 0 bridgehead atoms. The average molecular weight is 308 g/mol. The molecule has 7 heteroatoms. The predicted octanol–water partition coefficient (Wildman–Crippen LogP) is 2.00. The average Bonchev–Trinajstić information content (AvgIpc) is 3.06. The Kier molecular flexibility index (Phi) is 5.46. The van der Waals surface area contributed by atoms with E-state index in [9.17, 15) is 0 Å². The van der Waals surface area contributed by atoms with Crippen molar-refractivity contribution >= 4 is 17.8 Å². The van der Waals surface area contributed by atoms with E-state index in [-0.39, 0.29) is 6.47 Å². The van der Waals surface area contributed by atoms with E-state index in [4.69, 9.17) is 9.90 Å². The summed E-state index contributed by atoms with van der Waals surface area (Å²) >= 11 is 1.76. The van der Waals surface area contributed by atoms with Gasteiger partial charge in [-0.05, 0) is 13.3 Å². The van der Waals surface area contributed by atoms with Gasteiger partial charge in [0.2, 0.25) is 0 Å². The maximum absolute atomic E-state index is 8.36. The fraction of sp³-hybridized carbons (Fsp3) is 0.500. The van der Waals surface area contributed by atoms with E-state index in [1.807, 2.05) is 5.51 Å². The number of aromatic nitrogens is 3. The maximum Gasteiger partial charge on any atom is 0.290 e. The lowest BCUT2D eigenvalue weighted by molar-refractivity contribution is -0.122. The van der Waals surface area contributed by atoms with Crippen LogP contribution in [0.15, 0.2) is 5.51 Å². The molecule has 2 aromatic rings. The SMILES string of the molecule is CCc1n[nH]c2c1CN(Cc1scnc1C)CC2.O=CO. The second-order valence-corrected chi connectivity index (χ2v) is 5.85. The highest BCUT2D eigenvalue weighted by Crippen LogP contribution is 2.23. The van der Waals surface area contributed by atoms with Crippen molar-refractivity contribution in [2.45, 2.75) is 39.8 Å².